The highest BCUT2D eigenvalue weighted by molar-refractivity contribution is 8.01. The molecular formula is C7H12N2O2S. The lowest BCUT2D eigenvalue weighted by atomic mass is 10.0. The molecule has 1 aliphatic carbocycles. The van der Waals surface area contributed by atoms with Crippen LogP contribution in [0.3, 0.4) is 0 Å². The summed E-state index contributed by atoms with van der Waals surface area (Å²) in [6.45, 7) is 1.82. The number of aliphatic carboxylic acids is 1. The predicted molar refractivity (Wildman–Crippen MR) is 48.2 cm³/mol. The molecule has 0 amide bonds. The van der Waals surface area contributed by atoms with Crippen LogP contribution in [0.2, 0.25) is 0 Å². The van der Waals surface area contributed by atoms with Gasteiger partial charge in [-0.2, -0.15) is 0 Å². The summed E-state index contributed by atoms with van der Waals surface area (Å²) in [6.07, 6.45) is 0.837. The standard InChI is InChI=1S/C7H12N2O2S/c1-3(6(8)7(10)11)4-2-5(4)12-9/h3,6H,2,8-9H2,1H3,(H,10,11)/t3?,6-/m0/s1. The topological polar surface area (TPSA) is 89.3 Å². The summed E-state index contributed by atoms with van der Waals surface area (Å²) in [4.78, 5) is 11.6. The quantitative estimate of drug-likeness (QED) is 0.552. The van der Waals surface area contributed by atoms with Gasteiger partial charge in [0, 0.05) is 17.2 Å². The fourth-order valence-corrected chi connectivity index (χ4v) is 1.67. The smallest absolute Gasteiger partial charge is 0.321 e. The van der Waals surface area contributed by atoms with Gasteiger partial charge in [0.25, 0.3) is 0 Å². The molecule has 0 aromatic carbocycles. The van der Waals surface area contributed by atoms with Gasteiger partial charge in [-0.15, -0.1) is 0 Å². The van der Waals surface area contributed by atoms with Gasteiger partial charge in [-0.05, 0) is 5.57 Å². The molecule has 12 heavy (non-hydrogen) atoms. The van der Waals surface area contributed by atoms with Crippen molar-refractivity contribution in [2.45, 2.75) is 19.4 Å². The van der Waals surface area contributed by atoms with E-state index in [9.17, 15) is 4.79 Å². The second-order valence-electron chi connectivity index (χ2n) is 2.90. The van der Waals surface area contributed by atoms with Crippen LogP contribution < -0.4 is 10.9 Å². The van der Waals surface area contributed by atoms with Crippen molar-refractivity contribution in [1.29, 1.82) is 0 Å². The number of hydrogen-bond donors (Lipinski definition) is 3. The van der Waals surface area contributed by atoms with E-state index in [1.165, 1.54) is 11.9 Å². The number of carboxylic acids is 1. The van der Waals surface area contributed by atoms with Crippen LogP contribution in [0.4, 0.5) is 0 Å². The van der Waals surface area contributed by atoms with Crippen LogP contribution in [0.5, 0.6) is 0 Å². The third kappa shape index (κ3) is 1.80. The van der Waals surface area contributed by atoms with E-state index in [-0.39, 0.29) is 5.92 Å². The van der Waals surface area contributed by atoms with E-state index in [1.807, 2.05) is 6.92 Å². The first kappa shape index (κ1) is 9.57. The summed E-state index contributed by atoms with van der Waals surface area (Å²) >= 11 is 1.19. The molecule has 0 saturated carbocycles. The van der Waals surface area contributed by atoms with E-state index in [0.29, 0.717) is 0 Å². The fraction of sp³-hybridized carbons (Fsp3) is 0.571. The van der Waals surface area contributed by atoms with Gasteiger partial charge in [0.1, 0.15) is 6.04 Å². The first-order valence-electron chi connectivity index (χ1n) is 3.65. The maximum atomic E-state index is 10.5. The highest BCUT2D eigenvalue weighted by atomic mass is 32.2. The molecule has 1 unspecified atom stereocenters. The Morgan fingerprint density at radius 2 is 2.33 bits per heavy atom. The number of hydrogen-bond acceptors (Lipinski definition) is 4. The Morgan fingerprint density at radius 1 is 1.75 bits per heavy atom. The van der Waals surface area contributed by atoms with E-state index < -0.39 is 12.0 Å². The van der Waals surface area contributed by atoms with Crippen molar-refractivity contribution in [3.05, 3.63) is 10.5 Å². The third-order valence-electron chi connectivity index (χ3n) is 2.10. The largest absolute Gasteiger partial charge is 0.480 e. The molecule has 1 aliphatic rings. The Kier molecular flexibility index (Phi) is 2.76. The van der Waals surface area contributed by atoms with Crippen LogP contribution in [0.15, 0.2) is 10.5 Å². The molecule has 5 N–H and O–H groups in total. The van der Waals surface area contributed by atoms with Gasteiger partial charge >= 0.3 is 5.97 Å². The molecule has 4 nitrogen and oxygen atoms in total. The Bertz CT molecular complexity index is 240. The zero-order valence-corrected chi connectivity index (χ0v) is 7.60. The lowest BCUT2D eigenvalue weighted by Gasteiger charge is -2.11. The van der Waals surface area contributed by atoms with Crippen molar-refractivity contribution in [2.24, 2.45) is 16.8 Å². The summed E-state index contributed by atoms with van der Waals surface area (Å²) in [5.41, 5.74) is 6.53. The first-order valence-corrected chi connectivity index (χ1v) is 4.53. The monoisotopic (exact) mass is 188 g/mol. The average Bonchev–Trinajstić information content (AvgIpc) is 2.80. The van der Waals surface area contributed by atoms with Crippen LogP contribution in [0.1, 0.15) is 13.3 Å². The van der Waals surface area contributed by atoms with Crippen molar-refractivity contribution < 1.29 is 9.90 Å². The van der Waals surface area contributed by atoms with E-state index in [0.717, 1.165) is 16.9 Å². The normalized spacial score (nSPS) is 20.6. The fourth-order valence-electron chi connectivity index (χ4n) is 1.09. The van der Waals surface area contributed by atoms with E-state index in [1.54, 1.807) is 0 Å². The summed E-state index contributed by atoms with van der Waals surface area (Å²) in [7, 11) is 0. The van der Waals surface area contributed by atoms with E-state index in [2.05, 4.69) is 0 Å². The Balaban J connectivity index is 2.55. The lowest BCUT2D eigenvalue weighted by Crippen LogP contribution is -2.36. The summed E-state index contributed by atoms with van der Waals surface area (Å²) in [5.74, 6) is -1.04. The van der Waals surface area contributed by atoms with Crippen LogP contribution in [-0.4, -0.2) is 17.1 Å². The van der Waals surface area contributed by atoms with Crippen molar-refractivity contribution >= 4 is 17.9 Å². The van der Waals surface area contributed by atoms with Crippen molar-refractivity contribution in [2.75, 3.05) is 0 Å². The van der Waals surface area contributed by atoms with Crippen molar-refractivity contribution in [3.63, 3.8) is 0 Å². The Morgan fingerprint density at radius 3 is 2.67 bits per heavy atom. The maximum absolute atomic E-state index is 10.5. The van der Waals surface area contributed by atoms with Crippen LogP contribution >= 0.6 is 11.9 Å². The Labute approximate surface area is 75.1 Å². The van der Waals surface area contributed by atoms with E-state index >= 15 is 0 Å². The molecule has 0 saturated heterocycles. The van der Waals surface area contributed by atoms with Gasteiger partial charge in [-0.3, -0.25) is 9.93 Å². The summed E-state index contributed by atoms with van der Waals surface area (Å²) < 4.78 is 0. The van der Waals surface area contributed by atoms with Crippen LogP contribution in [-0.2, 0) is 4.79 Å². The third-order valence-corrected chi connectivity index (χ3v) is 2.79. The molecule has 0 radical (unpaired) electrons. The SMILES string of the molecule is CC(C1=C(SN)C1)[C@H](N)C(=O)O. The van der Waals surface area contributed by atoms with Gasteiger partial charge in [0.15, 0.2) is 0 Å². The molecule has 5 heteroatoms. The molecule has 0 heterocycles. The second kappa shape index (κ2) is 3.47. The number of carbonyl (C=O) groups is 1. The first-order chi connectivity index (χ1) is 5.57. The summed E-state index contributed by atoms with van der Waals surface area (Å²) in [6, 6.07) is -0.801. The van der Waals surface area contributed by atoms with Gasteiger partial charge in [0.2, 0.25) is 0 Å². The van der Waals surface area contributed by atoms with Crippen molar-refractivity contribution in [3.8, 4) is 0 Å². The van der Waals surface area contributed by atoms with Crippen LogP contribution in [0.25, 0.3) is 0 Å². The highest BCUT2D eigenvalue weighted by Crippen LogP contribution is 2.43. The number of nitrogens with two attached hydrogens (primary N) is 2. The zero-order valence-electron chi connectivity index (χ0n) is 6.78. The van der Waals surface area contributed by atoms with E-state index in [4.69, 9.17) is 16.0 Å². The maximum Gasteiger partial charge on any atom is 0.321 e. The summed E-state index contributed by atoms with van der Waals surface area (Å²) in [5, 5.41) is 13.9. The van der Waals surface area contributed by atoms with Crippen molar-refractivity contribution in [1.82, 2.24) is 0 Å². The lowest BCUT2D eigenvalue weighted by molar-refractivity contribution is -0.139. The van der Waals surface area contributed by atoms with Crippen LogP contribution in [0, 0.1) is 5.92 Å². The molecule has 0 bridgehead atoms. The Hall–Kier alpha value is -0.520. The molecule has 2 atom stereocenters. The number of rotatable bonds is 4. The minimum Gasteiger partial charge on any atom is -0.480 e. The molecule has 68 valence electrons. The molecule has 0 spiro atoms. The predicted octanol–water partition coefficient (Wildman–Crippen LogP) is 0.299. The molecule has 0 aromatic rings. The minimum absolute atomic E-state index is 0.0893. The zero-order chi connectivity index (χ0) is 9.30. The highest BCUT2D eigenvalue weighted by Gasteiger charge is 2.32. The van der Waals surface area contributed by atoms with Gasteiger partial charge in [-0.1, -0.05) is 18.9 Å². The molecule has 0 aromatic heterocycles. The molecule has 0 aliphatic heterocycles. The second-order valence-corrected chi connectivity index (χ2v) is 3.62. The van der Waals surface area contributed by atoms with Gasteiger partial charge in [0.05, 0.1) is 0 Å². The van der Waals surface area contributed by atoms with Gasteiger partial charge < -0.3 is 10.8 Å². The average molecular weight is 188 g/mol. The number of carboxylic acid groups (broad SMARTS) is 1. The molecular weight excluding hydrogens is 176 g/mol. The molecule has 1 rings (SSSR count). The van der Waals surface area contributed by atoms with Gasteiger partial charge in [-0.25, -0.2) is 0 Å². The molecule has 0 fully saturated rings. The number of allylic oxidation sites excluding steroid dienone is 1. The minimum atomic E-state index is -0.955.